The summed E-state index contributed by atoms with van der Waals surface area (Å²) in [5.74, 6) is 0. The van der Waals surface area contributed by atoms with E-state index in [4.69, 9.17) is 0 Å². The standard InChI is InChI=1S/C11H28N2Si2/c1-10(12-14(3,4)5)9-11(2)13-15(6,7)8/h9-10,12-13H,1-8H3. The Morgan fingerprint density at radius 3 is 1.80 bits per heavy atom. The molecule has 0 aliphatic heterocycles. The molecule has 0 radical (unpaired) electrons. The van der Waals surface area contributed by atoms with Crippen LogP contribution in [0.3, 0.4) is 0 Å². The van der Waals surface area contributed by atoms with Gasteiger partial charge in [-0.15, -0.1) is 0 Å². The lowest BCUT2D eigenvalue weighted by molar-refractivity contribution is 0.794. The van der Waals surface area contributed by atoms with Crippen molar-refractivity contribution < 1.29 is 0 Å². The monoisotopic (exact) mass is 244 g/mol. The quantitative estimate of drug-likeness (QED) is 0.726. The first kappa shape index (κ1) is 14.9. The Hall–Kier alpha value is -0.0662. The van der Waals surface area contributed by atoms with Gasteiger partial charge in [0, 0.05) is 6.04 Å². The van der Waals surface area contributed by atoms with E-state index in [0.29, 0.717) is 6.04 Å². The lowest BCUT2D eigenvalue weighted by Crippen LogP contribution is -2.46. The van der Waals surface area contributed by atoms with Gasteiger partial charge in [0.2, 0.25) is 0 Å². The van der Waals surface area contributed by atoms with Gasteiger partial charge >= 0.3 is 0 Å². The van der Waals surface area contributed by atoms with E-state index in [0.717, 1.165) is 0 Å². The van der Waals surface area contributed by atoms with Crippen molar-refractivity contribution in [3.63, 3.8) is 0 Å². The maximum Gasteiger partial charge on any atom is 0.143 e. The minimum atomic E-state index is -1.18. The van der Waals surface area contributed by atoms with E-state index in [-0.39, 0.29) is 0 Å². The third-order valence-electron chi connectivity index (χ3n) is 1.73. The first-order chi connectivity index (χ1) is 6.49. The van der Waals surface area contributed by atoms with Gasteiger partial charge in [0.25, 0.3) is 0 Å². The molecule has 90 valence electrons. The fourth-order valence-corrected chi connectivity index (χ4v) is 4.45. The Morgan fingerprint density at radius 2 is 1.47 bits per heavy atom. The second-order valence-corrected chi connectivity index (χ2v) is 15.9. The van der Waals surface area contributed by atoms with Gasteiger partial charge in [0.15, 0.2) is 0 Å². The normalized spacial score (nSPS) is 16.4. The third-order valence-corrected chi connectivity index (χ3v) is 4.20. The van der Waals surface area contributed by atoms with Crippen molar-refractivity contribution in [2.75, 3.05) is 0 Å². The van der Waals surface area contributed by atoms with Gasteiger partial charge in [-0.3, -0.25) is 0 Å². The van der Waals surface area contributed by atoms with Gasteiger partial charge in [0.05, 0.1) is 0 Å². The largest absolute Gasteiger partial charge is 0.414 e. The lowest BCUT2D eigenvalue weighted by Gasteiger charge is -2.25. The molecule has 0 aromatic carbocycles. The van der Waals surface area contributed by atoms with Crippen LogP contribution >= 0.6 is 0 Å². The van der Waals surface area contributed by atoms with E-state index in [1.807, 2.05) is 0 Å². The molecule has 2 N–H and O–H groups in total. The van der Waals surface area contributed by atoms with Crippen molar-refractivity contribution in [3.05, 3.63) is 11.8 Å². The number of nitrogens with one attached hydrogen (secondary N) is 2. The fraction of sp³-hybridized carbons (Fsp3) is 0.818. The van der Waals surface area contributed by atoms with Crippen LogP contribution in [0.15, 0.2) is 11.8 Å². The molecule has 0 fully saturated rings. The molecule has 0 saturated carbocycles. The Balaban J connectivity index is 4.24. The SMILES string of the molecule is CC(=CC(C)N[Si](C)(C)C)N[Si](C)(C)C. The van der Waals surface area contributed by atoms with Crippen molar-refractivity contribution in [1.29, 1.82) is 0 Å². The van der Waals surface area contributed by atoms with Crippen molar-refractivity contribution in [1.82, 2.24) is 9.96 Å². The van der Waals surface area contributed by atoms with E-state index in [1.54, 1.807) is 0 Å². The van der Waals surface area contributed by atoms with Crippen LogP contribution in [0.25, 0.3) is 0 Å². The summed E-state index contributed by atoms with van der Waals surface area (Å²) >= 11 is 0. The average Bonchev–Trinajstić information content (AvgIpc) is 1.73. The highest BCUT2D eigenvalue weighted by molar-refractivity contribution is 6.74. The summed E-state index contributed by atoms with van der Waals surface area (Å²) in [4.78, 5) is 7.28. The minimum Gasteiger partial charge on any atom is -0.414 e. The smallest absolute Gasteiger partial charge is 0.143 e. The van der Waals surface area contributed by atoms with Crippen LogP contribution in [0.2, 0.25) is 39.3 Å². The van der Waals surface area contributed by atoms with Crippen LogP contribution in [-0.4, -0.2) is 22.5 Å². The fourth-order valence-electron chi connectivity index (χ4n) is 1.73. The summed E-state index contributed by atoms with van der Waals surface area (Å²) in [6, 6.07) is 0.473. The van der Waals surface area contributed by atoms with Crippen LogP contribution < -0.4 is 9.96 Å². The van der Waals surface area contributed by atoms with Gasteiger partial charge in [-0.05, 0) is 19.5 Å². The van der Waals surface area contributed by atoms with Crippen LogP contribution in [0.5, 0.6) is 0 Å². The molecule has 0 spiro atoms. The highest BCUT2D eigenvalue weighted by Gasteiger charge is 2.16. The Bertz CT molecular complexity index is 224. The summed E-state index contributed by atoms with van der Waals surface area (Å²) in [6.45, 7) is 18.4. The Labute approximate surface area is 97.7 Å². The topological polar surface area (TPSA) is 24.1 Å². The van der Waals surface area contributed by atoms with Crippen molar-refractivity contribution in [2.24, 2.45) is 0 Å². The van der Waals surface area contributed by atoms with Crippen LogP contribution in [-0.2, 0) is 0 Å². The second-order valence-electron chi connectivity index (χ2n) is 6.41. The molecule has 0 aliphatic rings. The molecule has 0 amide bonds. The molecular weight excluding hydrogens is 216 g/mol. The lowest BCUT2D eigenvalue weighted by atomic mass is 10.3. The highest BCUT2D eigenvalue weighted by atomic mass is 28.3. The first-order valence-corrected chi connectivity index (χ1v) is 12.7. The van der Waals surface area contributed by atoms with E-state index < -0.39 is 16.5 Å². The summed E-state index contributed by atoms with van der Waals surface area (Å²) in [5.41, 5.74) is 1.31. The molecule has 2 nitrogen and oxygen atoms in total. The maximum atomic E-state index is 3.67. The van der Waals surface area contributed by atoms with Crippen molar-refractivity contribution in [3.8, 4) is 0 Å². The predicted molar refractivity (Wildman–Crippen MR) is 76.2 cm³/mol. The van der Waals surface area contributed by atoms with Gasteiger partial charge in [-0.1, -0.05) is 45.4 Å². The highest BCUT2D eigenvalue weighted by Crippen LogP contribution is 2.03. The van der Waals surface area contributed by atoms with E-state index in [1.165, 1.54) is 5.70 Å². The molecule has 0 aromatic heterocycles. The number of allylic oxidation sites excluding steroid dienone is 1. The van der Waals surface area contributed by atoms with Crippen LogP contribution in [0.1, 0.15) is 13.8 Å². The molecule has 1 atom stereocenters. The average molecular weight is 245 g/mol. The number of rotatable bonds is 5. The van der Waals surface area contributed by atoms with Crippen molar-refractivity contribution >= 4 is 16.5 Å². The zero-order valence-corrected chi connectivity index (χ0v) is 13.7. The maximum absolute atomic E-state index is 3.67. The molecule has 0 rings (SSSR count). The molecule has 15 heavy (non-hydrogen) atoms. The summed E-state index contributed by atoms with van der Waals surface area (Å²) in [6.07, 6.45) is 2.30. The molecule has 0 bridgehead atoms. The summed E-state index contributed by atoms with van der Waals surface area (Å²) in [5, 5.41) is 0. The van der Waals surface area contributed by atoms with Gasteiger partial charge in [-0.2, -0.15) is 0 Å². The number of hydrogen-bond donors (Lipinski definition) is 2. The molecule has 4 heteroatoms. The van der Waals surface area contributed by atoms with E-state index >= 15 is 0 Å². The predicted octanol–water partition coefficient (Wildman–Crippen LogP) is 3.13. The zero-order chi connectivity index (χ0) is 12.3. The Morgan fingerprint density at radius 1 is 1.00 bits per heavy atom. The molecule has 1 unspecified atom stereocenters. The molecule has 0 heterocycles. The van der Waals surface area contributed by atoms with Gasteiger partial charge in [0.1, 0.15) is 16.5 Å². The molecule has 0 aromatic rings. The first-order valence-electron chi connectivity index (χ1n) is 5.74. The molecule has 0 aliphatic carbocycles. The van der Waals surface area contributed by atoms with E-state index in [2.05, 4.69) is 69.2 Å². The van der Waals surface area contributed by atoms with Gasteiger partial charge < -0.3 is 9.96 Å². The van der Waals surface area contributed by atoms with Crippen molar-refractivity contribution in [2.45, 2.75) is 59.2 Å². The van der Waals surface area contributed by atoms with Gasteiger partial charge in [-0.25, -0.2) is 0 Å². The third kappa shape index (κ3) is 10.2. The molecule has 0 saturated heterocycles. The zero-order valence-electron chi connectivity index (χ0n) is 11.7. The van der Waals surface area contributed by atoms with E-state index in [9.17, 15) is 0 Å². The van der Waals surface area contributed by atoms with Crippen LogP contribution in [0, 0.1) is 0 Å². The summed E-state index contributed by atoms with van der Waals surface area (Å²) < 4.78 is 0. The summed E-state index contributed by atoms with van der Waals surface area (Å²) in [7, 11) is -2.34. The van der Waals surface area contributed by atoms with Crippen LogP contribution in [0.4, 0.5) is 0 Å². The Kier molecular flexibility index (Phi) is 5.30. The number of hydrogen-bond acceptors (Lipinski definition) is 2. The minimum absolute atomic E-state index is 0.473. The second kappa shape index (κ2) is 5.32. The molecular formula is C11H28N2Si2.